The minimum atomic E-state index is 0.641. The number of aryl methyl sites for hydroxylation is 1. The van der Waals surface area contributed by atoms with Crippen molar-refractivity contribution in [2.45, 2.75) is 13.1 Å². The molecule has 0 aliphatic carbocycles. The molecule has 0 aliphatic heterocycles. The fourth-order valence-corrected chi connectivity index (χ4v) is 2.41. The Hall–Kier alpha value is -2.11. The second kappa shape index (κ2) is 6.34. The van der Waals surface area contributed by atoms with Crippen LogP contribution in [0.1, 0.15) is 11.5 Å². The van der Waals surface area contributed by atoms with Crippen molar-refractivity contribution >= 4 is 11.6 Å². The summed E-state index contributed by atoms with van der Waals surface area (Å²) < 4.78 is 7.61. The van der Waals surface area contributed by atoms with Crippen molar-refractivity contribution in [3.63, 3.8) is 0 Å². The molecule has 2 aromatic heterocycles. The summed E-state index contributed by atoms with van der Waals surface area (Å²) in [6, 6.07) is 7.53. The first-order valence-corrected chi connectivity index (χ1v) is 7.34. The van der Waals surface area contributed by atoms with E-state index in [9.17, 15) is 0 Å². The number of rotatable bonds is 5. The topological polar surface area (TPSA) is 47.1 Å². The summed E-state index contributed by atoms with van der Waals surface area (Å²) >= 11 is 5.89. The molecule has 0 aliphatic rings. The fraction of sp³-hybridized carbons (Fsp3) is 0.250. The summed E-state index contributed by atoms with van der Waals surface area (Å²) in [4.78, 5) is 6.47. The molecule has 3 rings (SSSR count). The first-order valence-electron chi connectivity index (χ1n) is 6.97. The summed E-state index contributed by atoms with van der Waals surface area (Å²) in [5.74, 6) is 1.44. The highest BCUT2D eigenvalue weighted by Crippen LogP contribution is 2.22. The first-order chi connectivity index (χ1) is 10.6. The second-order valence-corrected chi connectivity index (χ2v) is 5.76. The minimum Gasteiger partial charge on any atom is -0.439 e. The molecule has 0 fully saturated rings. The van der Waals surface area contributed by atoms with E-state index >= 15 is 0 Å². The Morgan fingerprint density at radius 1 is 1.18 bits per heavy atom. The van der Waals surface area contributed by atoms with E-state index in [-0.39, 0.29) is 0 Å². The van der Waals surface area contributed by atoms with Gasteiger partial charge in [0.05, 0.1) is 18.9 Å². The van der Waals surface area contributed by atoms with Crippen LogP contribution < -0.4 is 0 Å². The maximum absolute atomic E-state index is 5.89. The van der Waals surface area contributed by atoms with Gasteiger partial charge in [0.2, 0.25) is 5.89 Å². The normalized spacial score (nSPS) is 11.3. The van der Waals surface area contributed by atoms with Gasteiger partial charge in [-0.15, -0.1) is 0 Å². The molecule has 114 valence electrons. The van der Waals surface area contributed by atoms with Gasteiger partial charge in [-0.1, -0.05) is 11.6 Å². The average molecular weight is 317 g/mol. The molecule has 5 nitrogen and oxygen atoms in total. The largest absolute Gasteiger partial charge is 0.439 e. The molecule has 1 aromatic carbocycles. The summed E-state index contributed by atoms with van der Waals surface area (Å²) in [5, 5.41) is 4.88. The molecule has 22 heavy (non-hydrogen) atoms. The standard InChI is InChI=1S/C16H17ClN4O/c1-20(9-12-7-19-21(2)10-12)11-16-18-8-15(22-16)13-3-5-14(17)6-4-13/h3-8,10H,9,11H2,1-2H3. The first kappa shape index (κ1) is 14.8. The Bertz CT molecular complexity index is 748. The van der Waals surface area contributed by atoms with E-state index < -0.39 is 0 Å². The lowest BCUT2D eigenvalue weighted by molar-refractivity contribution is 0.283. The molecule has 0 saturated heterocycles. The van der Waals surface area contributed by atoms with Crippen molar-refractivity contribution in [3.8, 4) is 11.3 Å². The van der Waals surface area contributed by atoms with Gasteiger partial charge in [-0.2, -0.15) is 5.10 Å². The highest BCUT2D eigenvalue weighted by molar-refractivity contribution is 6.30. The van der Waals surface area contributed by atoms with E-state index in [1.165, 1.54) is 0 Å². The highest BCUT2D eigenvalue weighted by atomic mass is 35.5. The molecular weight excluding hydrogens is 300 g/mol. The summed E-state index contributed by atoms with van der Waals surface area (Å²) in [5.41, 5.74) is 2.13. The number of nitrogens with zero attached hydrogens (tertiary/aromatic N) is 4. The number of oxazole rings is 1. The molecule has 0 amide bonds. The zero-order chi connectivity index (χ0) is 15.5. The molecular formula is C16H17ClN4O. The Labute approximate surface area is 134 Å². The van der Waals surface area contributed by atoms with Gasteiger partial charge < -0.3 is 4.42 Å². The number of aromatic nitrogens is 3. The number of benzene rings is 1. The van der Waals surface area contributed by atoms with Crippen LogP contribution >= 0.6 is 11.6 Å². The molecule has 0 spiro atoms. The van der Waals surface area contributed by atoms with Crippen molar-refractivity contribution < 1.29 is 4.42 Å². The van der Waals surface area contributed by atoms with Crippen LogP contribution in [0.15, 0.2) is 47.3 Å². The zero-order valence-corrected chi connectivity index (χ0v) is 13.3. The number of halogens is 1. The third-order valence-electron chi connectivity index (χ3n) is 3.30. The van der Waals surface area contributed by atoms with Crippen LogP contribution in [0.4, 0.5) is 0 Å². The van der Waals surface area contributed by atoms with Crippen molar-refractivity contribution in [3.05, 3.63) is 59.3 Å². The Morgan fingerprint density at radius 2 is 1.95 bits per heavy atom. The molecule has 0 saturated carbocycles. The van der Waals surface area contributed by atoms with E-state index in [2.05, 4.69) is 15.0 Å². The molecule has 0 radical (unpaired) electrons. The van der Waals surface area contributed by atoms with Gasteiger partial charge in [0.25, 0.3) is 0 Å². The molecule has 3 aromatic rings. The minimum absolute atomic E-state index is 0.641. The zero-order valence-electron chi connectivity index (χ0n) is 12.5. The quantitative estimate of drug-likeness (QED) is 0.724. The van der Waals surface area contributed by atoms with Gasteiger partial charge in [0.1, 0.15) is 0 Å². The number of hydrogen-bond donors (Lipinski definition) is 0. The molecule has 0 N–H and O–H groups in total. The summed E-state index contributed by atoms with van der Waals surface area (Å²) in [6.45, 7) is 1.44. The van der Waals surface area contributed by atoms with Crippen LogP contribution in [-0.4, -0.2) is 26.7 Å². The van der Waals surface area contributed by atoms with Crippen molar-refractivity contribution in [1.82, 2.24) is 19.7 Å². The van der Waals surface area contributed by atoms with Crippen LogP contribution in [0, 0.1) is 0 Å². The van der Waals surface area contributed by atoms with Gasteiger partial charge >= 0.3 is 0 Å². The van der Waals surface area contributed by atoms with Crippen LogP contribution in [0.3, 0.4) is 0 Å². The van der Waals surface area contributed by atoms with E-state index in [0.29, 0.717) is 17.5 Å². The lowest BCUT2D eigenvalue weighted by Crippen LogP contribution is -2.17. The second-order valence-electron chi connectivity index (χ2n) is 5.32. The average Bonchev–Trinajstić information content (AvgIpc) is 3.09. The predicted molar refractivity (Wildman–Crippen MR) is 85.3 cm³/mol. The van der Waals surface area contributed by atoms with Crippen LogP contribution in [0.25, 0.3) is 11.3 Å². The molecule has 6 heteroatoms. The molecule has 2 heterocycles. The van der Waals surface area contributed by atoms with Gasteiger partial charge in [0, 0.05) is 35.9 Å². The van der Waals surface area contributed by atoms with Gasteiger partial charge in [-0.3, -0.25) is 9.58 Å². The maximum atomic E-state index is 5.89. The van der Waals surface area contributed by atoms with Gasteiger partial charge in [-0.05, 0) is 31.3 Å². The van der Waals surface area contributed by atoms with Crippen molar-refractivity contribution in [2.75, 3.05) is 7.05 Å². The third-order valence-corrected chi connectivity index (χ3v) is 3.55. The third kappa shape index (κ3) is 3.55. The fourth-order valence-electron chi connectivity index (χ4n) is 2.28. The van der Waals surface area contributed by atoms with E-state index in [1.807, 2.05) is 50.8 Å². The SMILES string of the molecule is CN(Cc1cnn(C)c1)Cc1ncc(-c2ccc(Cl)cc2)o1. The Morgan fingerprint density at radius 3 is 2.64 bits per heavy atom. The van der Waals surface area contributed by atoms with Crippen molar-refractivity contribution in [2.24, 2.45) is 7.05 Å². The summed E-state index contributed by atoms with van der Waals surface area (Å²) in [6.07, 6.45) is 5.62. The molecule has 0 unspecified atom stereocenters. The predicted octanol–water partition coefficient (Wildman–Crippen LogP) is 3.36. The van der Waals surface area contributed by atoms with E-state index in [4.69, 9.17) is 16.0 Å². The van der Waals surface area contributed by atoms with Gasteiger partial charge in [0.15, 0.2) is 5.76 Å². The smallest absolute Gasteiger partial charge is 0.209 e. The van der Waals surface area contributed by atoms with Crippen LogP contribution in [0.5, 0.6) is 0 Å². The van der Waals surface area contributed by atoms with Crippen LogP contribution in [-0.2, 0) is 20.1 Å². The lowest BCUT2D eigenvalue weighted by atomic mass is 10.2. The monoisotopic (exact) mass is 316 g/mol. The van der Waals surface area contributed by atoms with Crippen LogP contribution in [0.2, 0.25) is 5.02 Å². The lowest BCUT2D eigenvalue weighted by Gasteiger charge is -2.12. The van der Waals surface area contributed by atoms with Gasteiger partial charge in [-0.25, -0.2) is 4.98 Å². The van der Waals surface area contributed by atoms with E-state index in [0.717, 1.165) is 23.4 Å². The molecule has 0 atom stereocenters. The maximum Gasteiger partial charge on any atom is 0.209 e. The Kier molecular flexibility index (Phi) is 4.27. The highest BCUT2D eigenvalue weighted by Gasteiger charge is 2.10. The Balaban J connectivity index is 1.65. The summed E-state index contributed by atoms with van der Waals surface area (Å²) in [7, 11) is 3.94. The van der Waals surface area contributed by atoms with E-state index in [1.54, 1.807) is 10.9 Å². The number of hydrogen-bond acceptors (Lipinski definition) is 4. The van der Waals surface area contributed by atoms with Crippen molar-refractivity contribution in [1.29, 1.82) is 0 Å². The molecule has 0 bridgehead atoms.